The van der Waals surface area contributed by atoms with Crippen LogP contribution < -0.4 is 0 Å². The molecular weight excluding hydrogens is 196 g/mol. The van der Waals surface area contributed by atoms with Crippen molar-refractivity contribution in [3.8, 4) is 0 Å². The first-order valence-corrected chi connectivity index (χ1v) is 5.50. The molecular formula is C11H16O4. The largest absolute Gasteiger partial charge is 0.355 e. The molecule has 2 aliphatic carbocycles. The van der Waals surface area contributed by atoms with Crippen LogP contribution in [-0.2, 0) is 19.0 Å². The van der Waals surface area contributed by atoms with Gasteiger partial charge in [-0.2, -0.15) is 0 Å². The summed E-state index contributed by atoms with van der Waals surface area (Å²) in [4.78, 5) is 11.7. The van der Waals surface area contributed by atoms with Crippen molar-refractivity contribution in [3.05, 3.63) is 0 Å². The van der Waals surface area contributed by atoms with Crippen LogP contribution in [0.5, 0.6) is 0 Å². The van der Waals surface area contributed by atoms with E-state index in [1.807, 2.05) is 0 Å². The lowest BCUT2D eigenvalue weighted by molar-refractivity contribution is -0.203. The Morgan fingerprint density at radius 3 is 2.53 bits per heavy atom. The molecule has 2 saturated carbocycles. The molecule has 4 heteroatoms. The van der Waals surface area contributed by atoms with Crippen LogP contribution in [0.15, 0.2) is 0 Å². The topological polar surface area (TPSA) is 44.8 Å². The van der Waals surface area contributed by atoms with Gasteiger partial charge in [0.25, 0.3) is 0 Å². The van der Waals surface area contributed by atoms with Gasteiger partial charge in [-0.15, -0.1) is 0 Å². The molecule has 0 amide bonds. The lowest BCUT2D eigenvalue weighted by Gasteiger charge is -2.25. The fourth-order valence-corrected chi connectivity index (χ4v) is 3.71. The van der Waals surface area contributed by atoms with E-state index >= 15 is 0 Å². The molecule has 0 unspecified atom stereocenters. The Bertz CT molecular complexity index is 290. The lowest BCUT2D eigenvalue weighted by Crippen LogP contribution is -2.33. The van der Waals surface area contributed by atoms with Gasteiger partial charge in [-0.05, 0) is 12.3 Å². The van der Waals surface area contributed by atoms with Gasteiger partial charge in [0.1, 0.15) is 5.78 Å². The second kappa shape index (κ2) is 3.27. The maximum absolute atomic E-state index is 11.7. The zero-order chi connectivity index (χ0) is 10.6. The Balaban J connectivity index is 1.90. The summed E-state index contributed by atoms with van der Waals surface area (Å²) in [6.45, 7) is 0. The minimum atomic E-state index is -0.251. The van der Waals surface area contributed by atoms with Crippen LogP contribution >= 0.6 is 0 Å². The lowest BCUT2D eigenvalue weighted by atomic mass is 9.79. The van der Waals surface area contributed by atoms with Gasteiger partial charge in [0.05, 0.1) is 0 Å². The molecule has 3 rings (SSSR count). The van der Waals surface area contributed by atoms with Crippen LogP contribution in [0, 0.1) is 23.7 Å². The van der Waals surface area contributed by atoms with Crippen molar-refractivity contribution in [2.45, 2.75) is 25.4 Å². The van der Waals surface area contributed by atoms with E-state index in [0.29, 0.717) is 24.0 Å². The molecule has 0 spiro atoms. The fraction of sp³-hybridized carbons (Fsp3) is 0.909. The molecule has 0 aromatic rings. The second-order valence-corrected chi connectivity index (χ2v) is 4.77. The number of rotatable bonds is 2. The summed E-state index contributed by atoms with van der Waals surface area (Å²) in [6, 6.07) is 0. The van der Waals surface area contributed by atoms with E-state index in [1.54, 1.807) is 14.2 Å². The van der Waals surface area contributed by atoms with E-state index in [1.165, 1.54) is 0 Å². The summed E-state index contributed by atoms with van der Waals surface area (Å²) in [6.07, 6.45) is 1.30. The molecule has 4 nitrogen and oxygen atoms in total. The van der Waals surface area contributed by atoms with Crippen LogP contribution in [0.4, 0.5) is 0 Å². The number of fused-ring (bicyclic) bond motifs is 5. The molecule has 3 fully saturated rings. The minimum Gasteiger partial charge on any atom is -0.355 e. The highest BCUT2D eigenvalue weighted by Gasteiger charge is 2.62. The molecule has 0 aromatic heterocycles. The predicted octanol–water partition coefficient (Wildman–Crippen LogP) is 0.803. The van der Waals surface area contributed by atoms with Crippen molar-refractivity contribution >= 4 is 5.78 Å². The molecule has 1 heterocycles. The van der Waals surface area contributed by atoms with E-state index in [4.69, 9.17) is 14.2 Å². The SMILES string of the molecule is CO[C@H]1O[C@@H](OC)[C@@H]2[C@@H]3CC(=O)[C@@H](C3)[C@H]12. The van der Waals surface area contributed by atoms with Gasteiger partial charge in [0, 0.05) is 38.4 Å². The molecule has 2 bridgehead atoms. The Kier molecular flexibility index (Phi) is 2.13. The maximum atomic E-state index is 11.7. The third-order valence-electron chi connectivity index (χ3n) is 4.25. The van der Waals surface area contributed by atoms with Gasteiger partial charge in [-0.1, -0.05) is 0 Å². The van der Waals surface area contributed by atoms with Gasteiger partial charge in [-0.25, -0.2) is 0 Å². The number of carbonyl (C=O) groups excluding carboxylic acids is 1. The van der Waals surface area contributed by atoms with E-state index in [9.17, 15) is 4.79 Å². The minimum absolute atomic E-state index is 0.157. The number of hydrogen-bond acceptors (Lipinski definition) is 4. The Labute approximate surface area is 88.9 Å². The quantitative estimate of drug-likeness (QED) is 0.679. The van der Waals surface area contributed by atoms with Gasteiger partial charge in [0.15, 0.2) is 12.6 Å². The van der Waals surface area contributed by atoms with Crippen molar-refractivity contribution in [3.63, 3.8) is 0 Å². The number of carbonyl (C=O) groups is 1. The smallest absolute Gasteiger partial charge is 0.164 e. The summed E-state index contributed by atoms with van der Waals surface area (Å²) in [5.74, 6) is 1.60. The normalized spacial score (nSPS) is 52.5. The number of ketones is 1. The molecule has 15 heavy (non-hydrogen) atoms. The average molecular weight is 212 g/mol. The molecule has 84 valence electrons. The molecule has 1 aliphatic heterocycles. The van der Waals surface area contributed by atoms with Crippen LogP contribution in [-0.4, -0.2) is 32.6 Å². The molecule has 1 saturated heterocycles. The first kappa shape index (κ1) is 9.75. The van der Waals surface area contributed by atoms with Crippen molar-refractivity contribution in [2.75, 3.05) is 14.2 Å². The monoisotopic (exact) mass is 212 g/mol. The second-order valence-electron chi connectivity index (χ2n) is 4.77. The van der Waals surface area contributed by atoms with Crippen molar-refractivity contribution in [1.82, 2.24) is 0 Å². The van der Waals surface area contributed by atoms with E-state index in [-0.39, 0.29) is 24.4 Å². The van der Waals surface area contributed by atoms with E-state index < -0.39 is 0 Å². The highest BCUT2D eigenvalue weighted by Crippen LogP contribution is 2.57. The molecule has 0 radical (unpaired) electrons. The summed E-state index contributed by atoms with van der Waals surface area (Å²) in [5.41, 5.74) is 0. The first-order chi connectivity index (χ1) is 7.26. The van der Waals surface area contributed by atoms with Crippen LogP contribution in [0.2, 0.25) is 0 Å². The highest BCUT2D eigenvalue weighted by atomic mass is 16.8. The molecule has 0 N–H and O–H groups in total. The summed E-state index contributed by atoms with van der Waals surface area (Å²) < 4.78 is 16.3. The summed E-state index contributed by atoms with van der Waals surface area (Å²) >= 11 is 0. The summed E-state index contributed by atoms with van der Waals surface area (Å²) in [5, 5.41) is 0. The molecule has 0 aromatic carbocycles. The Morgan fingerprint density at radius 1 is 1.20 bits per heavy atom. The zero-order valence-electron chi connectivity index (χ0n) is 9.01. The van der Waals surface area contributed by atoms with Crippen molar-refractivity contribution in [1.29, 1.82) is 0 Å². The number of ether oxygens (including phenoxy) is 3. The third kappa shape index (κ3) is 1.16. The average Bonchev–Trinajstić information content (AvgIpc) is 2.85. The van der Waals surface area contributed by atoms with Crippen LogP contribution in [0.25, 0.3) is 0 Å². The van der Waals surface area contributed by atoms with Gasteiger partial charge < -0.3 is 14.2 Å². The first-order valence-electron chi connectivity index (χ1n) is 5.50. The standard InChI is InChI=1S/C11H16O4/c1-13-10-8-5-3-6(7(12)4-5)9(8)11(14-2)15-10/h5-6,8-11H,3-4H2,1-2H3/t5-,6+,8+,9-,10+,11-/m0/s1. The van der Waals surface area contributed by atoms with Crippen LogP contribution in [0.1, 0.15) is 12.8 Å². The van der Waals surface area contributed by atoms with Crippen LogP contribution in [0.3, 0.4) is 0 Å². The molecule has 3 aliphatic rings. The third-order valence-corrected chi connectivity index (χ3v) is 4.25. The maximum Gasteiger partial charge on any atom is 0.164 e. The van der Waals surface area contributed by atoms with Gasteiger partial charge in [-0.3, -0.25) is 4.79 Å². The van der Waals surface area contributed by atoms with Crippen molar-refractivity contribution in [2.24, 2.45) is 23.7 Å². The molecule has 6 atom stereocenters. The van der Waals surface area contributed by atoms with Gasteiger partial charge >= 0.3 is 0 Å². The summed E-state index contributed by atoms with van der Waals surface area (Å²) in [7, 11) is 3.30. The number of Topliss-reactive ketones (excluding diaryl/α,β-unsaturated/α-hetero) is 1. The Morgan fingerprint density at radius 2 is 1.87 bits per heavy atom. The van der Waals surface area contributed by atoms with Gasteiger partial charge in [0.2, 0.25) is 0 Å². The van der Waals surface area contributed by atoms with Crippen molar-refractivity contribution < 1.29 is 19.0 Å². The zero-order valence-corrected chi connectivity index (χ0v) is 9.01. The fourth-order valence-electron chi connectivity index (χ4n) is 3.71. The predicted molar refractivity (Wildman–Crippen MR) is 50.9 cm³/mol. The van der Waals surface area contributed by atoms with E-state index in [0.717, 1.165) is 6.42 Å². The number of methoxy groups -OCH3 is 2. The van der Waals surface area contributed by atoms with E-state index in [2.05, 4.69) is 0 Å². The Hall–Kier alpha value is -0.450. The highest BCUT2D eigenvalue weighted by molar-refractivity contribution is 5.85. The number of hydrogen-bond donors (Lipinski definition) is 0.